The number of likely N-dealkylation sites (N-methyl/N-ethyl adjacent to an activating group) is 1. The lowest BCUT2D eigenvalue weighted by Crippen LogP contribution is -2.45. The molecule has 4 fully saturated rings. The highest BCUT2D eigenvalue weighted by Gasteiger charge is 2.32. The molecule has 20 nitrogen and oxygen atoms in total. The number of amides is 1. The van der Waals surface area contributed by atoms with Gasteiger partial charge in [0.2, 0.25) is 5.91 Å². The number of likely N-dealkylation sites (tertiary alicyclic amines) is 1. The summed E-state index contributed by atoms with van der Waals surface area (Å²) in [5, 5.41) is 25.7. The Hall–Kier alpha value is -7.66. The number of aromatic nitrogens is 6. The van der Waals surface area contributed by atoms with E-state index in [1.165, 1.54) is 33.9 Å². The number of anilines is 2. The van der Waals surface area contributed by atoms with Crippen molar-refractivity contribution in [1.29, 1.82) is 0 Å². The summed E-state index contributed by atoms with van der Waals surface area (Å²) in [6.07, 6.45) is 12.7. The van der Waals surface area contributed by atoms with Crippen molar-refractivity contribution in [3.05, 3.63) is 215 Å². The highest BCUT2D eigenvalue weighted by atomic mass is 79.9. The lowest BCUT2D eigenvalue weighted by molar-refractivity contribution is -0.137. The zero-order chi connectivity index (χ0) is 62.4. The van der Waals surface area contributed by atoms with Crippen LogP contribution in [0.15, 0.2) is 159 Å². The summed E-state index contributed by atoms with van der Waals surface area (Å²) < 4.78 is 5.03. The number of nitrogens with zero attached hydrogens (tertiary/aromatic N) is 7. The van der Waals surface area contributed by atoms with Gasteiger partial charge in [0.25, 0.3) is 16.7 Å². The smallest absolute Gasteiger partial charge is 0.323 e. The summed E-state index contributed by atoms with van der Waals surface area (Å²) in [6, 6.07) is 42.1. The molecule has 0 bridgehead atoms. The van der Waals surface area contributed by atoms with Crippen LogP contribution in [0.4, 0.5) is 11.6 Å². The number of carboxylic acid groups (broad SMARTS) is 1. The predicted octanol–water partition coefficient (Wildman–Crippen LogP) is 8.10. The quantitative estimate of drug-likeness (QED) is 0.0574. The Morgan fingerprint density at radius 2 is 1.01 bits per heavy atom. The van der Waals surface area contributed by atoms with Crippen molar-refractivity contribution in [2.24, 2.45) is 11.5 Å². The van der Waals surface area contributed by atoms with Gasteiger partial charge in [-0.25, -0.2) is 15.0 Å². The van der Waals surface area contributed by atoms with Gasteiger partial charge in [0.05, 0.1) is 18.1 Å². The normalized spacial score (nSPS) is 21.7. The van der Waals surface area contributed by atoms with Crippen LogP contribution in [0.1, 0.15) is 129 Å². The topological polar surface area (TPSA) is 274 Å². The van der Waals surface area contributed by atoms with Crippen LogP contribution in [0.25, 0.3) is 0 Å². The molecule has 0 radical (unpaired) electrons. The fourth-order valence-electron chi connectivity index (χ4n) is 11.6. The minimum atomic E-state index is -1.05. The van der Waals surface area contributed by atoms with E-state index in [0.717, 1.165) is 75.1 Å². The molecular formula is C66H87BrN14O6. The number of hydrogen-bond acceptors (Lipinski definition) is 15. The number of hydrogen-bond donors (Lipinski definition) is 8. The molecule has 0 saturated carbocycles. The van der Waals surface area contributed by atoms with Crippen LogP contribution in [0.2, 0.25) is 0 Å². The van der Waals surface area contributed by atoms with E-state index in [-0.39, 0.29) is 71.7 Å². The molecule has 7 aromatic rings. The number of piperidine rings is 4. The zero-order valence-electron chi connectivity index (χ0n) is 50.9. The van der Waals surface area contributed by atoms with Crippen molar-refractivity contribution >= 4 is 39.4 Å². The summed E-state index contributed by atoms with van der Waals surface area (Å²) in [5.74, 6) is -0.294. The van der Waals surface area contributed by atoms with Gasteiger partial charge in [-0.1, -0.05) is 121 Å². The third-order valence-corrected chi connectivity index (χ3v) is 16.7. The largest absolute Gasteiger partial charge is 0.480 e. The van der Waals surface area contributed by atoms with E-state index < -0.39 is 11.5 Å². The molecule has 4 aliphatic heterocycles. The van der Waals surface area contributed by atoms with Gasteiger partial charge in [-0.2, -0.15) is 0 Å². The first-order chi connectivity index (χ1) is 42.0. The molecule has 21 heteroatoms. The van der Waals surface area contributed by atoms with Crippen molar-refractivity contribution in [3.63, 3.8) is 0 Å². The number of carboxylic acids is 1. The van der Waals surface area contributed by atoms with E-state index in [9.17, 15) is 24.0 Å². The number of aliphatic carboxylic acids is 1. The Kier molecular flexibility index (Phi) is 25.7. The molecule has 0 spiro atoms. The lowest BCUT2D eigenvalue weighted by atomic mass is 9.91. The Bertz CT molecular complexity index is 3460. The molecule has 11 rings (SSSR count). The number of aryl methyl sites for hydroxylation is 3. The van der Waals surface area contributed by atoms with Gasteiger partial charge in [-0.3, -0.25) is 33.4 Å². The van der Waals surface area contributed by atoms with E-state index in [1.807, 2.05) is 88.4 Å². The maximum Gasteiger partial charge on any atom is 0.323 e. The fourth-order valence-corrected chi connectivity index (χ4v) is 11.9. The molecule has 87 heavy (non-hydrogen) atoms. The van der Waals surface area contributed by atoms with Crippen LogP contribution < -0.4 is 54.7 Å². The van der Waals surface area contributed by atoms with E-state index in [0.29, 0.717) is 41.7 Å². The lowest BCUT2D eigenvalue weighted by Gasteiger charge is -2.40. The van der Waals surface area contributed by atoms with Gasteiger partial charge in [0, 0.05) is 85.4 Å². The minimum Gasteiger partial charge on any atom is -0.480 e. The average Bonchev–Trinajstić information content (AvgIpc) is 3.27. The summed E-state index contributed by atoms with van der Waals surface area (Å²) in [6.45, 7) is 13.4. The van der Waals surface area contributed by atoms with E-state index >= 15 is 0 Å². The van der Waals surface area contributed by atoms with E-state index in [1.54, 1.807) is 28.5 Å². The van der Waals surface area contributed by atoms with Crippen molar-refractivity contribution in [1.82, 2.24) is 49.5 Å². The Morgan fingerprint density at radius 3 is 1.54 bits per heavy atom. The standard InChI is InChI=1S/C19H24N4O3.C18H24N4O.C11H14N2O.C11H16N2.C7H9BrN2O/c1-13-11-20-18(19(26)23(13)12-16(24)25)21-15-9-6-10-22(2)17(15)14-7-4-3-5-8-14;1-3-22-13(2)12-20-17(18(22)23)21-15-10-7-11-19-16(15)14-8-5-4-6-9-14;12-9-6-7-10(14)13-11(9)8-4-2-1-3-5-8;12-10-7-4-8-13-11(10)9-5-2-1-3-6-9;1-3-10-5(2)4-9-6(8)7(10)11/h3-5,7-8,11,15,17H,6,9-10,12H2,1-2H3,(H,20,21)(H,24,25);4-6,8-9,12,15-16,19H,3,7,10-11H2,1-2H3,(H,20,21);1-5,9,11H,6-7,12H2,(H,13,14);1-3,5-6,10-11,13H,4,7-8,12H2;4H,3H2,1-2H3/t15-,17+;15-,16+;9-,11+;10-,11+;/m1111./s1. The van der Waals surface area contributed by atoms with Crippen LogP contribution in [0.3, 0.4) is 0 Å². The fraction of sp³-hybridized carbons (Fsp3) is 0.424. The molecule has 8 atom stereocenters. The highest BCUT2D eigenvalue weighted by molar-refractivity contribution is 9.10. The molecule has 3 aromatic heterocycles. The van der Waals surface area contributed by atoms with Crippen LogP contribution in [0, 0.1) is 20.8 Å². The second kappa shape index (κ2) is 33.5. The first-order valence-corrected chi connectivity index (χ1v) is 31.1. The molecule has 4 aliphatic rings. The molecule has 10 N–H and O–H groups in total. The number of carbonyl (C=O) groups excluding carboxylic acids is 1. The minimum absolute atomic E-state index is 0.0163. The van der Waals surface area contributed by atoms with Gasteiger partial charge in [-0.15, -0.1) is 0 Å². The van der Waals surface area contributed by atoms with Crippen LogP contribution in [-0.2, 0) is 29.2 Å². The van der Waals surface area contributed by atoms with Crippen molar-refractivity contribution < 1.29 is 14.7 Å². The summed E-state index contributed by atoms with van der Waals surface area (Å²) >= 11 is 3.08. The first-order valence-electron chi connectivity index (χ1n) is 30.3. The first kappa shape index (κ1) is 66.9. The second-order valence-electron chi connectivity index (χ2n) is 22.3. The maximum absolute atomic E-state index is 12.7. The number of rotatable bonds is 12. The Labute approximate surface area is 518 Å². The SMILES string of the molecule is CCn1c(C)cnc(Br)c1=O.CCn1c(C)cnc(N[C@@H]2CCCN[C@H]2c2ccccc2)c1=O.Cc1cnc(N[C@@H]2CCCN(C)[C@H]2c2ccccc2)c(=O)n1CC(=O)O.N[C@@H]1CCC(=O)N[C@H]1c1ccccc1.N[C@@H]1CCCN[C@H]1c1ccccc1. The van der Waals surface area contributed by atoms with Gasteiger partial charge in [0.15, 0.2) is 16.2 Å². The number of nitrogens with two attached hydrogens (primary N) is 2. The molecule has 1 amide bonds. The van der Waals surface area contributed by atoms with Gasteiger partial charge in [0.1, 0.15) is 6.54 Å². The number of nitrogens with one attached hydrogen (secondary N) is 5. The molecule has 464 valence electrons. The Morgan fingerprint density at radius 1 is 0.575 bits per heavy atom. The molecule has 0 aliphatic carbocycles. The molecule has 7 heterocycles. The monoisotopic (exact) mass is 1250 g/mol. The van der Waals surface area contributed by atoms with E-state index in [4.69, 9.17) is 16.6 Å². The molecule has 4 saturated heterocycles. The summed E-state index contributed by atoms with van der Waals surface area (Å²) in [4.78, 5) is 73.5. The molecular weight excluding hydrogens is 1160 g/mol. The molecule has 4 aromatic carbocycles. The summed E-state index contributed by atoms with van der Waals surface area (Å²) in [7, 11) is 2.08. The number of benzene rings is 4. The van der Waals surface area contributed by atoms with Crippen molar-refractivity contribution in [2.75, 3.05) is 37.3 Å². The van der Waals surface area contributed by atoms with Gasteiger partial charge in [-0.05, 0) is 144 Å². The van der Waals surface area contributed by atoms with E-state index in [2.05, 4.69) is 130 Å². The van der Waals surface area contributed by atoms with Crippen molar-refractivity contribution in [3.8, 4) is 0 Å². The zero-order valence-corrected chi connectivity index (χ0v) is 52.5. The van der Waals surface area contributed by atoms with Crippen molar-refractivity contribution in [2.45, 2.75) is 154 Å². The third-order valence-electron chi connectivity index (χ3n) is 16.2. The number of carbonyl (C=O) groups is 2. The predicted molar refractivity (Wildman–Crippen MR) is 348 cm³/mol. The van der Waals surface area contributed by atoms with Gasteiger partial charge < -0.3 is 52.3 Å². The summed E-state index contributed by atoms with van der Waals surface area (Å²) in [5.41, 5.74) is 18.7. The maximum atomic E-state index is 12.7. The van der Waals surface area contributed by atoms with Crippen LogP contribution in [0.5, 0.6) is 0 Å². The number of halogens is 1. The van der Waals surface area contributed by atoms with Crippen LogP contribution >= 0.6 is 15.9 Å². The van der Waals surface area contributed by atoms with Crippen LogP contribution in [-0.4, -0.2) is 101 Å². The Balaban J connectivity index is 0.000000161. The highest BCUT2D eigenvalue weighted by Crippen LogP contribution is 2.32. The third kappa shape index (κ3) is 18.7. The second-order valence-corrected chi connectivity index (χ2v) is 23.1. The molecule has 0 unspecified atom stereocenters. The van der Waals surface area contributed by atoms with Gasteiger partial charge >= 0.3 is 5.97 Å². The average molecular weight is 1250 g/mol.